The monoisotopic (exact) mass is 313 g/mol. The van der Waals surface area contributed by atoms with E-state index in [0.717, 1.165) is 0 Å². The minimum absolute atomic E-state index is 0.0678. The number of imidazole rings is 1. The van der Waals surface area contributed by atoms with Gasteiger partial charge in [-0.1, -0.05) is 24.3 Å². The molecular weight excluding hydrogens is 300 g/mol. The van der Waals surface area contributed by atoms with E-state index in [0.29, 0.717) is 5.56 Å². The van der Waals surface area contributed by atoms with Crippen molar-refractivity contribution in [3.05, 3.63) is 40.4 Å². The van der Waals surface area contributed by atoms with Crippen LogP contribution >= 0.6 is 0 Å². The first-order chi connectivity index (χ1) is 10.9. The predicted molar refractivity (Wildman–Crippen MR) is 80.4 cm³/mol. The van der Waals surface area contributed by atoms with Crippen LogP contribution in [0.4, 0.5) is 0 Å². The fourth-order valence-electron chi connectivity index (χ4n) is 2.40. The molecule has 0 radical (unpaired) electrons. The third-order valence-electron chi connectivity index (χ3n) is 3.38. The number of nitrogens with one attached hydrogen (secondary N) is 1. The summed E-state index contributed by atoms with van der Waals surface area (Å²) >= 11 is 0. The van der Waals surface area contributed by atoms with Gasteiger partial charge >= 0.3 is 11.7 Å². The Hall–Kier alpha value is -3.16. The van der Waals surface area contributed by atoms with Crippen molar-refractivity contribution in [1.82, 2.24) is 19.5 Å². The highest BCUT2D eigenvalue weighted by Gasteiger charge is 2.21. The average molecular weight is 313 g/mol. The van der Waals surface area contributed by atoms with Gasteiger partial charge in [0.05, 0.1) is 0 Å². The number of carboxylic acids is 1. The number of hydrogen-bond acceptors (Lipinski definition) is 5. The molecule has 3 aromatic rings. The van der Waals surface area contributed by atoms with E-state index in [4.69, 9.17) is 0 Å². The number of aromatic nitrogens is 4. The van der Waals surface area contributed by atoms with Gasteiger partial charge in [0.1, 0.15) is 5.52 Å². The number of aromatic amines is 1. The molecule has 0 unspecified atom stereocenters. The summed E-state index contributed by atoms with van der Waals surface area (Å²) in [4.78, 5) is 34.3. The molecule has 0 aliphatic carbocycles. The Morgan fingerprint density at radius 3 is 2.70 bits per heavy atom. The summed E-state index contributed by atoms with van der Waals surface area (Å²) in [5.74, 6) is -1.44. The summed E-state index contributed by atoms with van der Waals surface area (Å²) in [6, 6.07) is 5.63. The van der Waals surface area contributed by atoms with Crippen molar-refractivity contribution in [3.63, 3.8) is 0 Å². The Morgan fingerprint density at radius 2 is 2.09 bits per heavy atom. The topological polar surface area (TPSA) is 124 Å². The molecule has 1 aromatic carbocycles. The molecule has 0 amide bonds. The maximum absolute atomic E-state index is 12.1. The van der Waals surface area contributed by atoms with E-state index in [1.807, 2.05) is 0 Å². The van der Waals surface area contributed by atoms with Crippen molar-refractivity contribution >= 4 is 17.1 Å². The molecule has 2 aromatic heterocycles. The molecule has 8 nitrogen and oxygen atoms in total. The Kier molecular flexibility index (Phi) is 3.36. The van der Waals surface area contributed by atoms with Gasteiger partial charge in [0.25, 0.3) is 0 Å². The molecule has 2 N–H and O–H groups in total. The molecule has 0 aliphatic rings. The number of carboxylic acid groups (broad SMARTS) is 1. The normalized spacial score (nSPS) is 11.3. The lowest BCUT2D eigenvalue weighted by atomic mass is 10.2. The first kappa shape index (κ1) is 14.8. The number of nitrogens with zero attached hydrogens (tertiary/aromatic N) is 3. The molecule has 3 rings (SSSR count). The van der Waals surface area contributed by atoms with Crippen LogP contribution < -0.4 is 10.8 Å². The molecule has 8 heteroatoms. The Labute approximate surface area is 130 Å². The first-order valence-electron chi connectivity index (χ1n) is 6.91. The SMILES string of the molecule is CC(C)n1c(=O)[nH]c2c(C(=O)O)nc(-c3cccc([O-])c3)nc21. The van der Waals surface area contributed by atoms with Crippen molar-refractivity contribution in [2.75, 3.05) is 0 Å². The maximum atomic E-state index is 12.1. The summed E-state index contributed by atoms with van der Waals surface area (Å²) in [6.07, 6.45) is 0. The van der Waals surface area contributed by atoms with E-state index in [9.17, 15) is 19.8 Å². The average Bonchev–Trinajstić information content (AvgIpc) is 2.81. The number of H-pyrrole nitrogens is 1. The third-order valence-corrected chi connectivity index (χ3v) is 3.38. The molecule has 0 spiro atoms. The fraction of sp³-hybridized carbons (Fsp3) is 0.200. The van der Waals surface area contributed by atoms with Gasteiger partial charge in [-0.05, 0) is 13.8 Å². The molecule has 0 saturated carbocycles. The fourth-order valence-corrected chi connectivity index (χ4v) is 2.40. The van der Waals surface area contributed by atoms with E-state index in [-0.39, 0.29) is 34.5 Å². The first-order valence-corrected chi connectivity index (χ1v) is 6.91. The third kappa shape index (κ3) is 2.44. The highest BCUT2D eigenvalue weighted by molar-refractivity contribution is 5.98. The number of benzene rings is 1. The molecule has 118 valence electrons. The molecule has 0 fully saturated rings. The van der Waals surface area contributed by atoms with E-state index >= 15 is 0 Å². The van der Waals surface area contributed by atoms with Crippen molar-refractivity contribution in [2.24, 2.45) is 0 Å². The molecule has 23 heavy (non-hydrogen) atoms. The van der Waals surface area contributed by atoms with Crippen molar-refractivity contribution in [3.8, 4) is 17.1 Å². The van der Waals surface area contributed by atoms with Gasteiger partial charge in [-0.15, -0.1) is 5.75 Å². The Bertz CT molecular complexity index is 971. The van der Waals surface area contributed by atoms with Crippen molar-refractivity contribution in [1.29, 1.82) is 0 Å². The number of carbonyl (C=O) groups is 1. The predicted octanol–water partition coefficient (Wildman–Crippen LogP) is 1.14. The van der Waals surface area contributed by atoms with Crippen LogP contribution in [0.1, 0.15) is 30.4 Å². The van der Waals surface area contributed by atoms with Crippen LogP contribution in [-0.4, -0.2) is 30.6 Å². The molecule has 0 aliphatic heterocycles. The number of aromatic carboxylic acids is 1. The molecule has 2 heterocycles. The quantitative estimate of drug-likeness (QED) is 0.747. The van der Waals surface area contributed by atoms with E-state index in [1.165, 1.54) is 22.8 Å². The molecular formula is C15H13N4O4-. The summed E-state index contributed by atoms with van der Waals surface area (Å²) in [5, 5.41) is 20.9. The lowest BCUT2D eigenvalue weighted by Gasteiger charge is -2.10. The molecule has 0 atom stereocenters. The number of fused-ring (bicyclic) bond motifs is 1. The summed E-state index contributed by atoms with van der Waals surface area (Å²) < 4.78 is 1.36. The maximum Gasteiger partial charge on any atom is 0.356 e. The van der Waals surface area contributed by atoms with Crippen LogP contribution in [0.25, 0.3) is 22.6 Å². The minimum atomic E-state index is -1.28. The van der Waals surface area contributed by atoms with Gasteiger partial charge in [-0.3, -0.25) is 4.57 Å². The van der Waals surface area contributed by atoms with Gasteiger partial charge < -0.3 is 15.2 Å². The zero-order valence-electron chi connectivity index (χ0n) is 12.4. The second-order valence-corrected chi connectivity index (χ2v) is 5.32. The van der Waals surface area contributed by atoms with Crippen LogP contribution in [0.15, 0.2) is 29.1 Å². The highest BCUT2D eigenvalue weighted by Crippen LogP contribution is 2.23. The van der Waals surface area contributed by atoms with Gasteiger partial charge in [-0.25, -0.2) is 19.6 Å². The molecule has 0 saturated heterocycles. The zero-order chi connectivity index (χ0) is 16.7. The second kappa shape index (κ2) is 5.24. The van der Waals surface area contributed by atoms with Crippen LogP contribution in [-0.2, 0) is 0 Å². The van der Waals surface area contributed by atoms with Crippen LogP contribution in [0.5, 0.6) is 5.75 Å². The minimum Gasteiger partial charge on any atom is -0.872 e. The second-order valence-electron chi connectivity index (χ2n) is 5.32. The van der Waals surface area contributed by atoms with E-state index < -0.39 is 11.7 Å². The largest absolute Gasteiger partial charge is 0.872 e. The van der Waals surface area contributed by atoms with Crippen LogP contribution in [0.2, 0.25) is 0 Å². The van der Waals surface area contributed by atoms with Crippen molar-refractivity contribution < 1.29 is 15.0 Å². The summed E-state index contributed by atoms with van der Waals surface area (Å²) in [5.41, 5.74) is -0.105. The highest BCUT2D eigenvalue weighted by atomic mass is 16.4. The number of rotatable bonds is 3. The van der Waals surface area contributed by atoms with E-state index in [1.54, 1.807) is 19.9 Å². The Morgan fingerprint density at radius 1 is 1.35 bits per heavy atom. The van der Waals surface area contributed by atoms with Gasteiger partial charge in [0, 0.05) is 11.6 Å². The summed E-state index contributed by atoms with van der Waals surface area (Å²) in [7, 11) is 0. The standard InChI is InChI=1S/C15H14N4O4/c1-7(2)19-13-10(17-15(19)23)11(14(21)22)16-12(18-13)8-4-3-5-9(20)6-8/h3-7,20H,1-2H3,(H,17,23)(H,21,22)/p-1. The Balaban J connectivity index is 2.39. The van der Waals surface area contributed by atoms with Crippen LogP contribution in [0, 0.1) is 0 Å². The zero-order valence-corrected chi connectivity index (χ0v) is 12.4. The van der Waals surface area contributed by atoms with Crippen LogP contribution in [0.3, 0.4) is 0 Å². The van der Waals surface area contributed by atoms with E-state index in [2.05, 4.69) is 15.0 Å². The lowest BCUT2D eigenvalue weighted by Crippen LogP contribution is -2.18. The smallest absolute Gasteiger partial charge is 0.356 e. The summed E-state index contributed by atoms with van der Waals surface area (Å²) in [6.45, 7) is 3.57. The van der Waals surface area contributed by atoms with Gasteiger partial charge in [-0.2, -0.15) is 0 Å². The van der Waals surface area contributed by atoms with Gasteiger partial charge in [0.15, 0.2) is 17.2 Å². The van der Waals surface area contributed by atoms with Crippen molar-refractivity contribution in [2.45, 2.75) is 19.9 Å². The number of hydrogen-bond donors (Lipinski definition) is 2. The lowest BCUT2D eigenvalue weighted by molar-refractivity contribution is -0.268. The van der Waals surface area contributed by atoms with Gasteiger partial charge in [0.2, 0.25) is 0 Å². The molecule has 0 bridgehead atoms.